The molecule has 0 aliphatic heterocycles. The van der Waals surface area contributed by atoms with E-state index in [9.17, 15) is 15.3 Å². The van der Waals surface area contributed by atoms with Crippen molar-refractivity contribution in [2.75, 3.05) is 5.32 Å². The third kappa shape index (κ3) is 2.75. The van der Waals surface area contributed by atoms with Crippen LogP contribution in [-0.4, -0.2) is 24.7 Å². The molecule has 0 saturated heterocycles. The van der Waals surface area contributed by atoms with E-state index < -0.39 is 17.2 Å². The van der Waals surface area contributed by atoms with Gasteiger partial charge in [-0.1, -0.05) is 6.07 Å². The van der Waals surface area contributed by atoms with Gasteiger partial charge in [-0.15, -0.1) is 0 Å². The van der Waals surface area contributed by atoms with Gasteiger partial charge in [0.05, 0.1) is 11.6 Å². The number of nitriles is 1. The standard InChI is InChI=1S/C20H14N4O3/c21-11-12-4-6-13(7-5-12)22-20-17(23-16-3-1-2-10-24(16)20)14-8-9-15(25)19(27)18(14)26/h1-10,22,25-27H. The van der Waals surface area contributed by atoms with Gasteiger partial charge in [0.15, 0.2) is 11.5 Å². The van der Waals surface area contributed by atoms with Crippen molar-refractivity contribution in [1.29, 1.82) is 5.26 Å². The van der Waals surface area contributed by atoms with Crippen molar-refractivity contribution >= 4 is 17.2 Å². The molecule has 0 radical (unpaired) electrons. The molecule has 0 aliphatic rings. The van der Waals surface area contributed by atoms with E-state index in [1.54, 1.807) is 28.7 Å². The van der Waals surface area contributed by atoms with Crippen LogP contribution in [-0.2, 0) is 0 Å². The first-order valence-corrected chi connectivity index (χ1v) is 8.07. The molecule has 7 nitrogen and oxygen atoms in total. The van der Waals surface area contributed by atoms with Gasteiger partial charge in [-0.3, -0.25) is 4.40 Å². The summed E-state index contributed by atoms with van der Waals surface area (Å²) < 4.78 is 1.80. The minimum Gasteiger partial charge on any atom is -0.504 e. The molecule has 0 spiro atoms. The van der Waals surface area contributed by atoms with Crippen LogP contribution in [0.25, 0.3) is 16.9 Å². The fourth-order valence-electron chi connectivity index (χ4n) is 2.83. The molecule has 2 aromatic heterocycles. The zero-order valence-electron chi connectivity index (χ0n) is 14.0. The van der Waals surface area contributed by atoms with Crippen LogP contribution in [0.1, 0.15) is 5.56 Å². The van der Waals surface area contributed by atoms with Crippen LogP contribution in [0.5, 0.6) is 17.2 Å². The molecule has 132 valence electrons. The maximum absolute atomic E-state index is 10.3. The first-order valence-electron chi connectivity index (χ1n) is 8.07. The number of aromatic nitrogens is 2. The van der Waals surface area contributed by atoms with Crippen LogP contribution >= 0.6 is 0 Å². The van der Waals surface area contributed by atoms with Crippen molar-refractivity contribution in [2.45, 2.75) is 0 Å². The van der Waals surface area contributed by atoms with Gasteiger partial charge in [-0.2, -0.15) is 5.26 Å². The van der Waals surface area contributed by atoms with Crippen LogP contribution in [0.3, 0.4) is 0 Å². The second-order valence-electron chi connectivity index (χ2n) is 5.88. The Balaban J connectivity index is 1.90. The van der Waals surface area contributed by atoms with E-state index in [1.165, 1.54) is 12.1 Å². The van der Waals surface area contributed by atoms with Crippen molar-refractivity contribution < 1.29 is 15.3 Å². The summed E-state index contributed by atoms with van der Waals surface area (Å²) in [6.45, 7) is 0. The molecule has 0 aliphatic carbocycles. The molecule has 0 fully saturated rings. The molecule has 2 heterocycles. The fraction of sp³-hybridized carbons (Fsp3) is 0. The maximum Gasteiger partial charge on any atom is 0.200 e. The van der Waals surface area contributed by atoms with Gasteiger partial charge in [0.2, 0.25) is 5.75 Å². The zero-order chi connectivity index (χ0) is 19.0. The Bertz CT molecular complexity index is 1190. The molecule has 4 N–H and O–H groups in total. The predicted molar refractivity (Wildman–Crippen MR) is 100 cm³/mol. The quantitative estimate of drug-likeness (QED) is 0.415. The van der Waals surface area contributed by atoms with Gasteiger partial charge in [0, 0.05) is 17.4 Å². The highest BCUT2D eigenvalue weighted by Crippen LogP contribution is 2.44. The third-order valence-corrected chi connectivity index (χ3v) is 4.19. The summed E-state index contributed by atoms with van der Waals surface area (Å²) in [7, 11) is 0. The molecule has 4 rings (SSSR count). The Morgan fingerprint density at radius 2 is 1.70 bits per heavy atom. The Morgan fingerprint density at radius 1 is 0.926 bits per heavy atom. The smallest absolute Gasteiger partial charge is 0.200 e. The molecule has 0 bridgehead atoms. The van der Waals surface area contributed by atoms with Crippen LogP contribution in [0, 0.1) is 11.3 Å². The highest BCUT2D eigenvalue weighted by Gasteiger charge is 2.20. The van der Waals surface area contributed by atoms with E-state index in [-0.39, 0.29) is 5.56 Å². The highest BCUT2D eigenvalue weighted by molar-refractivity contribution is 5.84. The molecular formula is C20H14N4O3. The number of fused-ring (bicyclic) bond motifs is 1. The molecule has 27 heavy (non-hydrogen) atoms. The van der Waals surface area contributed by atoms with E-state index in [0.717, 1.165) is 5.69 Å². The average Bonchev–Trinajstić information content (AvgIpc) is 3.05. The molecule has 4 aromatic rings. The lowest BCUT2D eigenvalue weighted by atomic mass is 10.1. The van der Waals surface area contributed by atoms with E-state index in [2.05, 4.69) is 16.4 Å². The van der Waals surface area contributed by atoms with Crippen LogP contribution in [0.15, 0.2) is 60.8 Å². The number of anilines is 2. The minimum atomic E-state index is -0.603. The average molecular weight is 358 g/mol. The molecule has 0 atom stereocenters. The highest BCUT2D eigenvalue weighted by atomic mass is 16.3. The van der Waals surface area contributed by atoms with Crippen molar-refractivity contribution in [2.24, 2.45) is 0 Å². The van der Waals surface area contributed by atoms with Gasteiger partial charge in [-0.05, 0) is 48.5 Å². The van der Waals surface area contributed by atoms with Gasteiger partial charge in [0.25, 0.3) is 0 Å². The number of nitrogens with zero attached hydrogens (tertiary/aromatic N) is 3. The van der Waals surface area contributed by atoms with E-state index in [0.29, 0.717) is 22.7 Å². The Morgan fingerprint density at radius 3 is 2.44 bits per heavy atom. The number of imidazole rings is 1. The number of benzene rings is 2. The van der Waals surface area contributed by atoms with Crippen molar-refractivity contribution in [3.8, 4) is 34.6 Å². The number of phenols is 3. The first-order chi connectivity index (χ1) is 13.1. The van der Waals surface area contributed by atoms with E-state index in [4.69, 9.17) is 5.26 Å². The number of phenolic OH excluding ortho intramolecular Hbond substituents is 3. The summed E-state index contributed by atoms with van der Waals surface area (Å²) >= 11 is 0. The largest absolute Gasteiger partial charge is 0.504 e. The number of hydrogen-bond acceptors (Lipinski definition) is 6. The number of pyridine rings is 1. The van der Waals surface area contributed by atoms with Crippen molar-refractivity contribution in [3.63, 3.8) is 0 Å². The summed E-state index contributed by atoms with van der Waals surface area (Å²) in [5.41, 5.74) is 2.57. The minimum absolute atomic E-state index is 0.269. The fourth-order valence-corrected chi connectivity index (χ4v) is 2.83. The molecule has 0 unspecified atom stereocenters. The number of hydrogen-bond donors (Lipinski definition) is 4. The van der Waals surface area contributed by atoms with Gasteiger partial charge in [0.1, 0.15) is 17.2 Å². The second kappa shape index (κ2) is 6.28. The Kier molecular flexibility index (Phi) is 3.79. The number of aromatic hydroxyl groups is 3. The Hall–Kier alpha value is -4.18. The lowest BCUT2D eigenvalue weighted by Gasteiger charge is -2.11. The summed E-state index contributed by atoms with van der Waals surface area (Å²) in [5.74, 6) is -0.910. The molecule has 0 saturated carbocycles. The molecule has 2 aromatic carbocycles. The van der Waals surface area contributed by atoms with Crippen LogP contribution < -0.4 is 5.32 Å². The van der Waals surface area contributed by atoms with E-state index >= 15 is 0 Å². The second-order valence-corrected chi connectivity index (χ2v) is 5.88. The summed E-state index contributed by atoms with van der Waals surface area (Å²) in [5, 5.41) is 41.9. The van der Waals surface area contributed by atoms with Crippen molar-refractivity contribution in [3.05, 3.63) is 66.4 Å². The summed E-state index contributed by atoms with van der Waals surface area (Å²) in [6, 6.07) is 17.2. The monoisotopic (exact) mass is 358 g/mol. The van der Waals surface area contributed by atoms with E-state index in [1.807, 2.05) is 24.4 Å². The first kappa shape index (κ1) is 16.3. The normalized spacial score (nSPS) is 10.6. The summed E-state index contributed by atoms with van der Waals surface area (Å²) in [4.78, 5) is 4.54. The maximum atomic E-state index is 10.3. The lowest BCUT2D eigenvalue weighted by Crippen LogP contribution is -1.97. The summed E-state index contributed by atoms with van der Waals surface area (Å²) in [6.07, 6.45) is 1.81. The lowest BCUT2D eigenvalue weighted by molar-refractivity contribution is 0.369. The van der Waals surface area contributed by atoms with Crippen molar-refractivity contribution in [1.82, 2.24) is 9.38 Å². The Labute approximate surface area is 154 Å². The van der Waals surface area contributed by atoms with Crippen LogP contribution in [0.2, 0.25) is 0 Å². The van der Waals surface area contributed by atoms with Gasteiger partial charge >= 0.3 is 0 Å². The molecule has 0 amide bonds. The van der Waals surface area contributed by atoms with Gasteiger partial charge in [-0.25, -0.2) is 4.98 Å². The zero-order valence-corrected chi connectivity index (χ0v) is 14.0. The number of rotatable bonds is 3. The topological polar surface area (TPSA) is 114 Å². The SMILES string of the molecule is N#Cc1ccc(Nc2c(-c3ccc(O)c(O)c3O)nc3ccccn23)cc1. The third-order valence-electron chi connectivity index (χ3n) is 4.19. The molecular weight excluding hydrogens is 344 g/mol. The van der Waals surface area contributed by atoms with Gasteiger partial charge < -0.3 is 20.6 Å². The number of nitrogens with one attached hydrogen (secondary N) is 1. The van der Waals surface area contributed by atoms with Crippen LogP contribution in [0.4, 0.5) is 11.5 Å². The predicted octanol–water partition coefficient (Wildman–Crippen LogP) is 3.73. The molecule has 7 heteroatoms.